The molecule has 1 aliphatic carbocycles. The highest BCUT2D eigenvalue weighted by Gasteiger charge is 2.04. The van der Waals surface area contributed by atoms with Crippen molar-refractivity contribution in [2.24, 2.45) is 4.99 Å². The Bertz CT molecular complexity index is 356. The maximum absolute atomic E-state index is 11.4. The maximum Gasteiger partial charge on any atom is 0.241 e. The molecule has 3 N–H and O–H groups in total. The molecule has 0 aliphatic heterocycles. The summed E-state index contributed by atoms with van der Waals surface area (Å²) in [4.78, 5) is 15.7. The van der Waals surface area contributed by atoms with Crippen LogP contribution in [0.4, 0.5) is 0 Å². The number of hydrogen-bond acceptors (Lipinski definition) is 2. The fourth-order valence-corrected chi connectivity index (χ4v) is 2.22. The number of allylic oxidation sites excluding steroid dienone is 1. The summed E-state index contributed by atoms with van der Waals surface area (Å²) in [6, 6.07) is 0. The van der Waals surface area contributed by atoms with Gasteiger partial charge in [0.15, 0.2) is 5.96 Å². The average molecular weight is 408 g/mol. The van der Waals surface area contributed by atoms with Crippen LogP contribution in [0.3, 0.4) is 0 Å². The van der Waals surface area contributed by atoms with Gasteiger partial charge in [-0.25, -0.2) is 4.99 Å². The number of nitrogens with zero attached hydrogens (tertiary/aromatic N) is 1. The fourth-order valence-electron chi connectivity index (χ4n) is 2.22. The number of carbonyl (C=O) groups excluding carboxylic acids is 1. The van der Waals surface area contributed by atoms with Crippen LogP contribution in [0.2, 0.25) is 0 Å². The van der Waals surface area contributed by atoms with Crippen LogP contribution >= 0.6 is 24.0 Å². The quantitative estimate of drug-likeness (QED) is 0.262. The molecular weight excluding hydrogens is 379 g/mol. The van der Waals surface area contributed by atoms with Crippen LogP contribution in [0.25, 0.3) is 0 Å². The van der Waals surface area contributed by atoms with Crippen LogP contribution in [-0.4, -0.2) is 38.0 Å². The van der Waals surface area contributed by atoms with Gasteiger partial charge in [-0.05, 0) is 46.0 Å². The molecule has 5 nitrogen and oxygen atoms in total. The minimum absolute atomic E-state index is 0. The van der Waals surface area contributed by atoms with E-state index in [1.165, 1.54) is 25.7 Å². The second kappa shape index (κ2) is 12.9. The van der Waals surface area contributed by atoms with Gasteiger partial charge < -0.3 is 16.0 Å². The molecule has 0 radical (unpaired) electrons. The van der Waals surface area contributed by atoms with Gasteiger partial charge >= 0.3 is 0 Å². The highest BCUT2D eigenvalue weighted by molar-refractivity contribution is 14.0. The van der Waals surface area contributed by atoms with Gasteiger partial charge in [-0.15, -0.1) is 24.0 Å². The topological polar surface area (TPSA) is 65.5 Å². The van der Waals surface area contributed by atoms with Crippen LogP contribution in [0.1, 0.15) is 46.0 Å². The van der Waals surface area contributed by atoms with Crippen molar-refractivity contribution >= 4 is 35.8 Å². The minimum atomic E-state index is -0.0420. The first-order valence-corrected chi connectivity index (χ1v) is 7.73. The summed E-state index contributed by atoms with van der Waals surface area (Å²) in [6.45, 7) is 6.41. The number of halogens is 1. The monoisotopic (exact) mass is 408 g/mol. The molecule has 0 fully saturated rings. The zero-order valence-electron chi connectivity index (χ0n) is 13.2. The first-order valence-electron chi connectivity index (χ1n) is 7.73. The molecular formula is C15H29IN4O. The lowest BCUT2D eigenvalue weighted by atomic mass is 9.97. The Morgan fingerprint density at radius 2 is 1.95 bits per heavy atom. The van der Waals surface area contributed by atoms with E-state index < -0.39 is 0 Å². The molecule has 1 rings (SSSR count). The fraction of sp³-hybridized carbons (Fsp3) is 0.733. The highest BCUT2D eigenvalue weighted by atomic mass is 127. The number of guanidine groups is 1. The third kappa shape index (κ3) is 9.71. The normalized spacial score (nSPS) is 14.8. The molecule has 1 amide bonds. The Morgan fingerprint density at radius 3 is 2.57 bits per heavy atom. The van der Waals surface area contributed by atoms with E-state index in [9.17, 15) is 4.79 Å². The lowest BCUT2D eigenvalue weighted by Gasteiger charge is -2.15. The van der Waals surface area contributed by atoms with E-state index in [1.807, 2.05) is 13.8 Å². The van der Waals surface area contributed by atoms with Gasteiger partial charge in [-0.2, -0.15) is 0 Å². The van der Waals surface area contributed by atoms with Crippen molar-refractivity contribution in [3.05, 3.63) is 11.6 Å². The standard InChI is InChI=1S/C15H28N4O.HI/c1-3-16-14(20)12-19-15(17-4-2)18-11-10-13-8-6-5-7-9-13;/h8H,3-7,9-12H2,1-2H3,(H,16,20)(H2,17,18,19);1H. The summed E-state index contributed by atoms with van der Waals surface area (Å²) in [5, 5.41) is 9.18. The number of rotatable bonds is 7. The number of likely N-dealkylation sites (N-methyl/N-ethyl adjacent to an activating group) is 1. The van der Waals surface area contributed by atoms with E-state index in [0.717, 1.165) is 25.5 Å². The molecule has 0 unspecified atom stereocenters. The minimum Gasteiger partial charge on any atom is -0.357 e. The van der Waals surface area contributed by atoms with Gasteiger partial charge in [0.2, 0.25) is 5.91 Å². The van der Waals surface area contributed by atoms with Crippen molar-refractivity contribution in [2.75, 3.05) is 26.2 Å². The number of nitrogens with one attached hydrogen (secondary N) is 3. The predicted molar refractivity (Wildman–Crippen MR) is 99.2 cm³/mol. The van der Waals surface area contributed by atoms with Crippen molar-refractivity contribution in [3.8, 4) is 0 Å². The van der Waals surface area contributed by atoms with Crippen LogP contribution in [0.5, 0.6) is 0 Å². The number of amides is 1. The van der Waals surface area contributed by atoms with E-state index in [-0.39, 0.29) is 36.4 Å². The van der Waals surface area contributed by atoms with E-state index >= 15 is 0 Å². The summed E-state index contributed by atoms with van der Waals surface area (Å²) >= 11 is 0. The van der Waals surface area contributed by atoms with E-state index in [0.29, 0.717) is 6.54 Å². The molecule has 122 valence electrons. The summed E-state index contributed by atoms with van der Waals surface area (Å²) in [5.41, 5.74) is 1.54. The summed E-state index contributed by atoms with van der Waals surface area (Å²) in [7, 11) is 0. The van der Waals surface area contributed by atoms with Crippen LogP contribution in [-0.2, 0) is 4.79 Å². The second-order valence-corrected chi connectivity index (χ2v) is 4.93. The molecule has 1 aliphatic rings. The van der Waals surface area contributed by atoms with Crippen molar-refractivity contribution in [2.45, 2.75) is 46.0 Å². The molecule has 0 saturated heterocycles. The largest absolute Gasteiger partial charge is 0.357 e. The number of carbonyl (C=O) groups is 1. The third-order valence-corrected chi connectivity index (χ3v) is 3.22. The van der Waals surface area contributed by atoms with Gasteiger partial charge in [0.1, 0.15) is 6.54 Å². The van der Waals surface area contributed by atoms with Crippen LogP contribution in [0, 0.1) is 0 Å². The van der Waals surface area contributed by atoms with Gasteiger partial charge in [0.25, 0.3) is 0 Å². The molecule has 0 saturated carbocycles. The van der Waals surface area contributed by atoms with E-state index in [4.69, 9.17) is 0 Å². The molecule has 0 spiro atoms. The summed E-state index contributed by atoms with van der Waals surface area (Å²) in [6.07, 6.45) is 8.52. The summed E-state index contributed by atoms with van der Waals surface area (Å²) in [5.74, 6) is 0.676. The van der Waals surface area contributed by atoms with Gasteiger partial charge in [-0.1, -0.05) is 11.6 Å². The molecule has 0 aromatic heterocycles. The molecule has 0 bridgehead atoms. The molecule has 0 aromatic rings. The number of hydrogen-bond donors (Lipinski definition) is 3. The van der Waals surface area contributed by atoms with Gasteiger partial charge in [0, 0.05) is 19.6 Å². The zero-order chi connectivity index (χ0) is 14.6. The Balaban J connectivity index is 0.00000400. The Morgan fingerprint density at radius 1 is 1.19 bits per heavy atom. The Kier molecular flexibility index (Phi) is 12.4. The summed E-state index contributed by atoms with van der Waals surface area (Å²) < 4.78 is 0. The second-order valence-electron chi connectivity index (χ2n) is 4.93. The molecule has 6 heteroatoms. The first-order chi connectivity index (χ1) is 9.76. The van der Waals surface area contributed by atoms with Crippen molar-refractivity contribution in [1.29, 1.82) is 0 Å². The number of aliphatic imine (C=N–C) groups is 1. The average Bonchev–Trinajstić information content (AvgIpc) is 2.46. The van der Waals surface area contributed by atoms with Crippen molar-refractivity contribution in [3.63, 3.8) is 0 Å². The van der Waals surface area contributed by atoms with E-state index in [1.54, 1.807) is 5.57 Å². The zero-order valence-corrected chi connectivity index (χ0v) is 15.5. The Hall–Kier alpha value is -0.790. The SMILES string of the molecule is CCNC(=O)CN=C(NCC)NCCC1=CCCCC1.I. The van der Waals surface area contributed by atoms with Crippen molar-refractivity contribution in [1.82, 2.24) is 16.0 Å². The third-order valence-electron chi connectivity index (χ3n) is 3.22. The molecule has 0 atom stereocenters. The van der Waals surface area contributed by atoms with Crippen molar-refractivity contribution < 1.29 is 4.79 Å². The smallest absolute Gasteiger partial charge is 0.241 e. The van der Waals surface area contributed by atoms with Crippen LogP contribution in [0.15, 0.2) is 16.6 Å². The lowest BCUT2D eigenvalue weighted by Crippen LogP contribution is -2.39. The lowest BCUT2D eigenvalue weighted by molar-refractivity contribution is -0.119. The van der Waals surface area contributed by atoms with Gasteiger partial charge in [-0.3, -0.25) is 4.79 Å². The molecule has 0 aromatic carbocycles. The first kappa shape index (κ1) is 20.2. The van der Waals surface area contributed by atoms with E-state index in [2.05, 4.69) is 27.0 Å². The maximum atomic E-state index is 11.4. The molecule has 0 heterocycles. The van der Waals surface area contributed by atoms with Crippen LogP contribution < -0.4 is 16.0 Å². The highest BCUT2D eigenvalue weighted by Crippen LogP contribution is 2.19. The molecule has 21 heavy (non-hydrogen) atoms. The Labute approximate surface area is 145 Å². The van der Waals surface area contributed by atoms with Gasteiger partial charge in [0.05, 0.1) is 0 Å². The predicted octanol–water partition coefficient (Wildman–Crippen LogP) is 2.19.